The highest BCUT2D eigenvalue weighted by Crippen LogP contribution is 2.29. The SMILES string of the molecule is CS(=O)(=O)OCC1Cn2c(=O)ccc3cccc(c32)O1. The third-order valence-corrected chi connectivity index (χ3v) is 3.68. The number of hydrogen-bond acceptors (Lipinski definition) is 5. The minimum absolute atomic E-state index is 0.115. The van der Waals surface area contributed by atoms with E-state index in [2.05, 4.69) is 0 Å². The van der Waals surface area contributed by atoms with Crippen LogP contribution in [0.15, 0.2) is 35.1 Å². The Morgan fingerprint density at radius 3 is 2.90 bits per heavy atom. The average Bonchev–Trinajstić information content (AvgIpc) is 2.40. The second kappa shape index (κ2) is 4.60. The van der Waals surface area contributed by atoms with Gasteiger partial charge in [0.25, 0.3) is 15.7 Å². The summed E-state index contributed by atoms with van der Waals surface area (Å²) >= 11 is 0. The third kappa shape index (κ3) is 2.41. The molecule has 0 aliphatic carbocycles. The first-order chi connectivity index (χ1) is 9.44. The van der Waals surface area contributed by atoms with E-state index in [1.165, 1.54) is 6.07 Å². The van der Waals surface area contributed by atoms with Gasteiger partial charge >= 0.3 is 0 Å². The predicted molar refractivity (Wildman–Crippen MR) is 73.4 cm³/mol. The maximum absolute atomic E-state index is 11.9. The lowest BCUT2D eigenvalue weighted by Crippen LogP contribution is -2.37. The van der Waals surface area contributed by atoms with Gasteiger partial charge in [-0.15, -0.1) is 0 Å². The van der Waals surface area contributed by atoms with Gasteiger partial charge in [-0.05, 0) is 12.1 Å². The molecule has 0 saturated carbocycles. The number of nitrogens with zero attached hydrogens (tertiary/aromatic N) is 1. The number of aromatic nitrogens is 1. The normalized spacial score (nSPS) is 17.9. The van der Waals surface area contributed by atoms with Crippen molar-refractivity contribution in [3.8, 4) is 5.75 Å². The van der Waals surface area contributed by atoms with Crippen molar-refractivity contribution in [2.24, 2.45) is 0 Å². The number of benzene rings is 1. The summed E-state index contributed by atoms with van der Waals surface area (Å²) in [4.78, 5) is 11.9. The first-order valence-electron chi connectivity index (χ1n) is 6.08. The second-order valence-electron chi connectivity index (χ2n) is 4.70. The topological polar surface area (TPSA) is 74.6 Å². The molecule has 2 heterocycles. The molecule has 1 aromatic heterocycles. The van der Waals surface area contributed by atoms with Crippen LogP contribution in [-0.2, 0) is 20.8 Å². The number of hydrogen-bond donors (Lipinski definition) is 0. The lowest BCUT2D eigenvalue weighted by atomic mass is 10.1. The van der Waals surface area contributed by atoms with Crippen molar-refractivity contribution in [2.75, 3.05) is 12.9 Å². The zero-order chi connectivity index (χ0) is 14.3. The highest BCUT2D eigenvalue weighted by Gasteiger charge is 2.23. The number of para-hydroxylation sites is 1. The smallest absolute Gasteiger partial charge is 0.264 e. The first-order valence-corrected chi connectivity index (χ1v) is 7.89. The fourth-order valence-electron chi connectivity index (χ4n) is 2.31. The maximum Gasteiger partial charge on any atom is 0.264 e. The van der Waals surface area contributed by atoms with Crippen molar-refractivity contribution in [2.45, 2.75) is 12.6 Å². The summed E-state index contributed by atoms with van der Waals surface area (Å²) in [5.74, 6) is 0.563. The van der Waals surface area contributed by atoms with Crippen molar-refractivity contribution in [1.29, 1.82) is 0 Å². The van der Waals surface area contributed by atoms with Crippen LogP contribution < -0.4 is 10.3 Å². The van der Waals surface area contributed by atoms with Gasteiger partial charge in [0.2, 0.25) is 0 Å². The number of pyridine rings is 1. The average molecular weight is 295 g/mol. The summed E-state index contributed by atoms with van der Waals surface area (Å²) in [5.41, 5.74) is 0.591. The lowest BCUT2D eigenvalue weighted by molar-refractivity contribution is 0.109. The van der Waals surface area contributed by atoms with Crippen LogP contribution in [0.1, 0.15) is 0 Å². The molecule has 0 spiro atoms. The molecule has 106 valence electrons. The highest BCUT2D eigenvalue weighted by molar-refractivity contribution is 7.85. The zero-order valence-electron chi connectivity index (χ0n) is 10.8. The van der Waals surface area contributed by atoms with Gasteiger partial charge in [-0.3, -0.25) is 8.98 Å². The molecular weight excluding hydrogens is 282 g/mol. The second-order valence-corrected chi connectivity index (χ2v) is 6.35. The summed E-state index contributed by atoms with van der Waals surface area (Å²) in [7, 11) is -3.53. The Balaban J connectivity index is 1.99. The van der Waals surface area contributed by atoms with Crippen molar-refractivity contribution in [3.63, 3.8) is 0 Å². The molecule has 6 nitrogen and oxygen atoms in total. The van der Waals surface area contributed by atoms with Crippen LogP contribution in [0.2, 0.25) is 0 Å². The van der Waals surface area contributed by atoms with E-state index in [4.69, 9.17) is 8.92 Å². The van der Waals surface area contributed by atoms with Crippen LogP contribution >= 0.6 is 0 Å². The van der Waals surface area contributed by atoms with E-state index < -0.39 is 16.2 Å². The molecule has 0 radical (unpaired) electrons. The molecule has 0 fully saturated rings. The van der Waals surface area contributed by atoms with E-state index in [0.717, 1.165) is 17.2 Å². The molecule has 1 atom stereocenters. The molecule has 3 rings (SSSR count). The van der Waals surface area contributed by atoms with Gasteiger partial charge in [0.15, 0.2) is 0 Å². The van der Waals surface area contributed by atoms with Crippen LogP contribution in [0.3, 0.4) is 0 Å². The quantitative estimate of drug-likeness (QED) is 0.781. The predicted octanol–water partition coefficient (Wildman–Crippen LogP) is 0.739. The van der Waals surface area contributed by atoms with Gasteiger partial charge in [-0.2, -0.15) is 8.42 Å². The molecule has 0 amide bonds. The van der Waals surface area contributed by atoms with Gasteiger partial charge in [-0.25, -0.2) is 0 Å². The van der Waals surface area contributed by atoms with E-state index in [9.17, 15) is 13.2 Å². The lowest BCUT2D eigenvalue weighted by Gasteiger charge is -2.27. The summed E-state index contributed by atoms with van der Waals surface area (Å²) in [6, 6.07) is 8.71. The molecule has 1 aliphatic rings. The van der Waals surface area contributed by atoms with Crippen molar-refractivity contribution < 1.29 is 17.3 Å². The first kappa shape index (κ1) is 13.1. The van der Waals surface area contributed by atoms with Crippen molar-refractivity contribution in [3.05, 3.63) is 40.7 Å². The molecule has 2 aromatic rings. The van der Waals surface area contributed by atoms with E-state index in [1.807, 2.05) is 12.1 Å². The Morgan fingerprint density at radius 2 is 2.15 bits per heavy atom. The van der Waals surface area contributed by atoms with Gasteiger partial charge < -0.3 is 9.30 Å². The molecule has 1 unspecified atom stereocenters. The van der Waals surface area contributed by atoms with Gasteiger partial charge in [0.05, 0.1) is 18.3 Å². The molecule has 0 saturated heterocycles. The Kier molecular flexibility index (Phi) is 3.02. The van der Waals surface area contributed by atoms with Gasteiger partial charge in [-0.1, -0.05) is 12.1 Å². The summed E-state index contributed by atoms with van der Waals surface area (Å²) in [6.45, 7) is 0.151. The van der Waals surface area contributed by atoms with Crippen molar-refractivity contribution >= 4 is 21.0 Å². The van der Waals surface area contributed by atoms with Crippen LogP contribution in [0.4, 0.5) is 0 Å². The van der Waals surface area contributed by atoms with E-state index in [1.54, 1.807) is 16.7 Å². The minimum Gasteiger partial charge on any atom is -0.484 e. The maximum atomic E-state index is 11.9. The largest absolute Gasteiger partial charge is 0.484 e. The summed E-state index contributed by atoms with van der Waals surface area (Å²) < 4.78 is 34.1. The zero-order valence-corrected chi connectivity index (χ0v) is 11.6. The molecule has 1 aliphatic heterocycles. The van der Waals surface area contributed by atoms with Crippen LogP contribution in [-0.4, -0.2) is 32.0 Å². The molecule has 20 heavy (non-hydrogen) atoms. The Labute approximate surface area is 115 Å². The highest BCUT2D eigenvalue weighted by atomic mass is 32.2. The summed E-state index contributed by atoms with van der Waals surface area (Å²) in [5, 5.41) is 0.907. The third-order valence-electron chi connectivity index (χ3n) is 3.12. The molecule has 7 heteroatoms. The summed E-state index contributed by atoms with van der Waals surface area (Å²) in [6.07, 6.45) is 0.472. The molecule has 0 bridgehead atoms. The Morgan fingerprint density at radius 1 is 1.35 bits per heavy atom. The van der Waals surface area contributed by atoms with Gasteiger partial charge in [0, 0.05) is 11.5 Å². The van der Waals surface area contributed by atoms with Gasteiger partial charge in [0.1, 0.15) is 18.5 Å². The molecule has 1 aromatic carbocycles. The fraction of sp³-hybridized carbons (Fsp3) is 0.308. The molecule has 0 N–H and O–H groups in total. The Bertz CT molecular complexity index is 824. The standard InChI is InChI=1S/C13H13NO5S/c1-20(16,17)18-8-10-7-14-12(15)6-5-9-3-2-4-11(19-10)13(9)14/h2-6,10H,7-8H2,1H3. The Hall–Kier alpha value is -1.86. The van der Waals surface area contributed by atoms with Crippen LogP contribution in [0, 0.1) is 0 Å². The van der Waals surface area contributed by atoms with Crippen LogP contribution in [0.5, 0.6) is 5.75 Å². The monoisotopic (exact) mass is 295 g/mol. The van der Waals surface area contributed by atoms with E-state index >= 15 is 0 Å². The number of rotatable bonds is 3. The molecular formula is C13H13NO5S. The van der Waals surface area contributed by atoms with E-state index in [-0.39, 0.29) is 18.7 Å². The van der Waals surface area contributed by atoms with E-state index in [0.29, 0.717) is 5.75 Å². The fourth-order valence-corrected chi connectivity index (χ4v) is 2.71. The minimum atomic E-state index is -3.53. The number of ether oxygens (including phenoxy) is 1. The van der Waals surface area contributed by atoms with Crippen LogP contribution in [0.25, 0.3) is 10.9 Å². The van der Waals surface area contributed by atoms with Crippen molar-refractivity contribution in [1.82, 2.24) is 4.57 Å².